The molecular formula is C58H78N4O7. The maximum atomic E-state index is 13.3. The lowest BCUT2D eigenvalue weighted by atomic mass is 9.73. The lowest BCUT2D eigenvalue weighted by Gasteiger charge is -2.40. The van der Waals surface area contributed by atoms with Gasteiger partial charge >= 0.3 is 5.97 Å². The van der Waals surface area contributed by atoms with Crippen LogP contribution in [0.1, 0.15) is 114 Å². The molecule has 7 rings (SSSR count). The third-order valence-corrected chi connectivity index (χ3v) is 15.5. The SMILES string of the molecule is CCCCC[C@@H]1C=C[C@@H](CCCCC[C@H](C(=O)O)[C@H](O)C[C@@H](CNC)[C@]2(O)C[C@H](CC3=CCNC(N)=C3)C[C@H]2Cc2cc(-c3ccccc3)c(-c3cc(O)cc(O)c3Cc3ccccc3)[nH]2)[C@H](O)C1. The third kappa shape index (κ3) is 13.5. The zero-order chi connectivity index (χ0) is 48.9. The van der Waals surface area contributed by atoms with Crippen LogP contribution >= 0.6 is 0 Å². The second-order valence-electron chi connectivity index (χ2n) is 20.5. The number of phenols is 2. The average Bonchev–Trinajstić information content (AvgIpc) is 3.89. The molecular weight excluding hydrogens is 865 g/mol. The zero-order valence-corrected chi connectivity index (χ0v) is 40.8. The molecule has 3 aromatic carbocycles. The molecule has 11 N–H and O–H groups in total. The molecule has 0 radical (unpaired) electrons. The van der Waals surface area contributed by atoms with Crippen molar-refractivity contribution in [2.24, 2.45) is 41.2 Å². The number of dihydropyridines is 1. The molecule has 11 nitrogen and oxygen atoms in total. The Hall–Kier alpha value is -5.33. The number of benzene rings is 3. The van der Waals surface area contributed by atoms with E-state index in [4.69, 9.17) is 5.73 Å². The number of nitrogens with one attached hydrogen (secondary N) is 3. The number of aromatic amines is 1. The molecule has 1 aromatic heterocycles. The topological polar surface area (TPSA) is 204 Å². The number of aliphatic hydroxyl groups excluding tert-OH is 2. The monoisotopic (exact) mass is 943 g/mol. The number of aliphatic carboxylic acids is 1. The van der Waals surface area contributed by atoms with E-state index in [0.29, 0.717) is 74.5 Å². The van der Waals surface area contributed by atoms with Crippen LogP contribution < -0.4 is 16.4 Å². The number of aliphatic hydroxyl groups is 3. The van der Waals surface area contributed by atoms with Crippen molar-refractivity contribution in [1.29, 1.82) is 0 Å². The third-order valence-electron chi connectivity index (χ3n) is 15.5. The van der Waals surface area contributed by atoms with Gasteiger partial charge in [0.25, 0.3) is 0 Å². The van der Waals surface area contributed by atoms with E-state index in [9.17, 15) is 35.4 Å². The Kier molecular flexibility index (Phi) is 18.3. The largest absolute Gasteiger partial charge is 0.508 e. The normalized spacial score (nSPS) is 23.8. The predicted molar refractivity (Wildman–Crippen MR) is 275 cm³/mol. The number of rotatable bonds is 25. The minimum atomic E-state index is -1.27. The van der Waals surface area contributed by atoms with Crippen LogP contribution in [0.3, 0.4) is 0 Å². The number of phenolic OH excluding ortho intramolecular Hbond substituents is 2. The van der Waals surface area contributed by atoms with Crippen molar-refractivity contribution in [3.05, 3.63) is 131 Å². The van der Waals surface area contributed by atoms with E-state index in [-0.39, 0.29) is 41.8 Å². The summed E-state index contributed by atoms with van der Waals surface area (Å²) in [4.78, 5) is 16.6. The minimum absolute atomic E-state index is 0.00477. The molecule has 4 aromatic rings. The average molecular weight is 943 g/mol. The molecule has 11 heteroatoms. The van der Waals surface area contributed by atoms with E-state index >= 15 is 0 Å². The summed E-state index contributed by atoms with van der Waals surface area (Å²) in [5.74, 6) is -1.54. The lowest BCUT2D eigenvalue weighted by molar-refractivity contribution is -0.148. The molecule has 0 bridgehead atoms. The van der Waals surface area contributed by atoms with Gasteiger partial charge in [0.1, 0.15) is 11.5 Å². The highest BCUT2D eigenvalue weighted by atomic mass is 16.4. The molecule has 1 saturated carbocycles. The van der Waals surface area contributed by atoms with Gasteiger partial charge < -0.3 is 52.0 Å². The summed E-state index contributed by atoms with van der Waals surface area (Å²) in [5.41, 5.74) is 11.9. The molecule has 69 heavy (non-hydrogen) atoms. The summed E-state index contributed by atoms with van der Waals surface area (Å²) < 4.78 is 0. The highest BCUT2D eigenvalue weighted by Gasteiger charge is 2.51. The predicted octanol–water partition coefficient (Wildman–Crippen LogP) is 9.74. The molecule has 3 aliphatic rings. The maximum Gasteiger partial charge on any atom is 0.309 e. The second kappa shape index (κ2) is 24.5. The van der Waals surface area contributed by atoms with Crippen molar-refractivity contribution < 1.29 is 35.4 Å². The first-order valence-electron chi connectivity index (χ1n) is 25.8. The molecule has 2 aliphatic carbocycles. The van der Waals surface area contributed by atoms with Crippen LogP contribution in [-0.2, 0) is 17.6 Å². The Balaban J connectivity index is 1.12. The molecule has 2 heterocycles. The van der Waals surface area contributed by atoms with Gasteiger partial charge in [0, 0.05) is 59.8 Å². The quantitative estimate of drug-likeness (QED) is 0.0225. The fourth-order valence-electron chi connectivity index (χ4n) is 11.8. The molecule has 1 aliphatic heterocycles. The van der Waals surface area contributed by atoms with Crippen molar-refractivity contribution in [3.63, 3.8) is 0 Å². The number of aromatic nitrogens is 1. The van der Waals surface area contributed by atoms with Crippen molar-refractivity contribution >= 4 is 5.97 Å². The first kappa shape index (κ1) is 51.5. The fraction of sp³-hybridized carbons (Fsp3) is 0.500. The summed E-state index contributed by atoms with van der Waals surface area (Å²) in [6.45, 7) is 3.22. The van der Waals surface area contributed by atoms with Crippen molar-refractivity contribution in [3.8, 4) is 33.9 Å². The number of hydrogen-bond donors (Lipinski definition) is 10. The van der Waals surface area contributed by atoms with Gasteiger partial charge in [-0.3, -0.25) is 4.79 Å². The fourth-order valence-corrected chi connectivity index (χ4v) is 11.8. The Morgan fingerprint density at radius 2 is 1.67 bits per heavy atom. The van der Waals surface area contributed by atoms with Gasteiger partial charge in [0.2, 0.25) is 0 Å². The van der Waals surface area contributed by atoms with E-state index < -0.39 is 29.5 Å². The highest BCUT2D eigenvalue weighted by Crippen LogP contribution is 2.50. The Morgan fingerprint density at radius 1 is 0.913 bits per heavy atom. The van der Waals surface area contributed by atoms with E-state index in [1.54, 1.807) is 6.07 Å². The summed E-state index contributed by atoms with van der Waals surface area (Å²) in [6, 6.07) is 25.1. The molecule has 0 saturated heterocycles. The summed E-state index contributed by atoms with van der Waals surface area (Å²) in [7, 11) is 1.83. The van der Waals surface area contributed by atoms with Gasteiger partial charge in [-0.25, -0.2) is 0 Å². The zero-order valence-electron chi connectivity index (χ0n) is 40.8. The Bertz CT molecular complexity index is 2360. The van der Waals surface area contributed by atoms with Gasteiger partial charge in [-0.1, -0.05) is 124 Å². The first-order chi connectivity index (χ1) is 33.3. The smallest absolute Gasteiger partial charge is 0.309 e. The second-order valence-corrected chi connectivity index (χ2v) is 20.5. The van der Waals surface area contributed by atoms with Crippen molar-refractivity contribution in [2.75, 3.05) is 20.1 Å². The Labute approximate surface area is 409 Å². The van der Waals surface area contributed by atoms with Crippen LogP contribution in [0.25, 0.3) is 22.4 Å². The van der Waals surface area contributed by atoms with Crippen molar-refractivity contribution in [2.45, 2.75) is 127 Å². The first-order valence-corrected chi connectivity index (χ1v) is 25.8. The molecule has 9 atom stereocenters. The number of aromatic hydroxyl groups is 2. The molecule has 1 fully saturated rings. The standard InChI is InChI=1S/C58H78N4O7/c1-3-4-8-15-39-22-23-43(52(64)29-39)20-13-7-14-21-48(57(67)68)53(65)32-45(37-60-2)58(69)36-41(26-40-24-25-61-55(59)30-40)27-44(58)31-46-33-49(42-18-11-6-12-19-42)56(62-46)51-34-47(63)35-54(66)50(51)28-38-16-9-5-10-17-38/h5-6,9-12,16-19,22-24,30,33-35,39,41,43-45,48,52-53,60-66,69H,3-4,7-8,13-15,20-21,25-29,31-32,36-37,59H2,1-2H3,(H,67,68)/t39-,41-,43-,44+,45+,48+,52-,53-,58+/m1/s1. The van der Waals surface area contributed by atoms with Gasteiger partial charge in [-0.2, -0.15) is 0 Å². The van der Waals surface area contributed by atoms with Crippen LogP contribution in [0.4, 0.5) is 0 Å². The van der Waals surface area contributed by atoms with Crippen molar-refractivity contribution in [1.82, 2.24) is 15.6 Å². The number of nitrogens with two attached hydrogens (primary N) is 1. The minimum Gasteiger partial charge on any atom is -0.508 e. The summed E-state index contributed by atoms with van der Waals surface area (Å²) in [6.07, 6.45) is 19.0. The van der Waals surface area contributed by atoms with Gasteiger partial charge in [-0.15, -0.1) is 0 Å². The van der Waals surface area contributed by atoms with E-state index in [2.05, 4.69) is 46.8 Å². The van der Waals surface area contributed by atoms with Gasteiger partial charge in [0.05, 0.1) is 35.2 Å². The number of carboxylic acid groups (broad SMARTS) is 1. The molecule has 0 spiro atoms. The van der Waals surface area contributed by atoms with Crippen LogP contribution in [0.15, 0.2) is 115 Å². The molecule has 0 unspecified atom stereocenters. The van der Waals surface area contributed by atoms with Crippen LogP contribution in [0.2, 0.25) is 0 Å². The van der Waals surface area contributed by atoms with E-state index in [0.717, 1.165) is 72.2 Å². The lowest BCUT2D eigenvalue weighted by Crippen LogP contribution is -2.48. The number of H-pyrrole nitrogens is 1. The number of unbranched alkanes of at least 4 members (excludes halogenated alkanes) is 4. The number of hydrogen-bond acceptors (Lipinski definition) is 9. The van der Waals surface area contributed by atoms with Crippen LogP contribution in [0.5, 0.6) is 11.5 Å². The van der Waals surface area contributed by atoms with E-state index in [1.165, 1.54) is 25.3 Å². The van der Waals surface area contributed by atoms with Gasteiger partial charge in [-0.05, 0) is 117 Å². The van der Waals surface area contributed by atoms with Crippen LogP contribution in [-0.4, -0.2) is 79.5 Å². The molecule has 372 valence electrons. The number of allylic oxidation sites excluding steroid dienone is 3. The number of carboxylic acids is 1. The number of carbonyl (C=O) groups is 1. The Morgan fingerprint density at radius 3 is 2.38 bits per heavy atom. The molecule has 0 amide bonds. The van der Waals surface area contributed by atoms with Gasteiger partial charge in [0.15, 0.2) is 0 Å². The summed E-state index contributed by atoms with van der Waals surface area (Å²) >= 11 is 0. The van der Waals surface area contributed by atoms with Crippen LogP contribution in [0, 0.1) is 35.5 Å². The summed E-state index contributed by atoms with van der Waals surface area (Å²) in [5, 5.41) is 75.3. The highest BCUT2D eigenvalue weighted by molar-refractivity contribution is 5.85. The maximum absolute atomic E-state index is 13.3. The van der Waals surface area contributed by atoms with E-state index in [1.807, 2.05) is 73.8 Å².